The molecule has 0 atom stereocenters. The number of hydrogen-bond donors (Lipinski definition) is 2. The summed E-state index contributed by atoms with van der Waals surface area (Å²) in [6.07, 6.45) is 0.548. The second kappa shape index (κ2) is 4.61. The highest BCUT2D eigenvalue weighted by Crippen LogP contribution is 2.15. The zero-order valence-electron chi connectivity index (χ0n) is 10.4. The number of aromatic nitrogens is 1. The largest absolute Gasteiger partial charge is 0.385 e. The molecule has 0 saturated carbocycles. The van der Waals surface area contributed by atoms with Gasteiger partial charge in [-0.1, -0.05) is 42.5 Å². The van der Waals surface area contributed by atoms with E-state index in [0.717, 1.165) is 11.1 Å². The number of H-pyrrole nitrogens is 1. The van der Waals surface area contributed by atoms with Crippen LogP contribution in [0.15, 0.2) is 59.4 Å². The number of benzene rings is 2. The minimum atomic E-state index is 0.00991. The van der Waals surface area contributed by atoms with E-state index in [0.29, 0.717) is 23.2 Å². The Hall–Kier alpha value is -2.55. The first kappa shape index (κ1) is 11.5. The van der Waals surface area contributed by atoms with Crippen molar-refractivity contribution in [2.24, 2.45) is 0 Å². The molecule has 0 aliphatic carbocycles. The molecule has 1 heterocycles. The quantitative estimate of drug-likeness (QED) is 0.734. The summed E-state index contributed by atoms with van der Waals surface area (Å²) >= 11 is 0. The molecule has 94 valence electrons. The Labute approximate surface area is 110 Å². The van der Waals surface area contributed by atoms with E-state index >= 15 is 0 Å². The number of hydrogen-bond acceptors (Lipinski definition) is 2. The number of nitrogen functional groups attached to an aromatic ring is 1. The fourth-order valence-corrected chi connectivity index (χ4v) is 2.27. The maximum absolute atomic E-state index is 12.5. The zero-order valence-corrected chi connectivity index (χ0v) is 10.4. The normalized spacial score (nSPS) is 10.7. The smallest absolute Gasteiger partial charge is 0.195 e. The van der Waals surface area contributed by atoms with Crippen LogP contribution in [0.4, 0.5) is 5.82 Å². The maximum atomic E-state index is 12.5. The van der Waals surface area contributed by atoms with Crippen LogP contribution in [0.3, 0.4) is 0 Å². The van der Waals surface area contributed by atoms with Gasteiger partial charge in [0.15, 0.2) is 5.43 Å². The highest BCUT2D eigenvalue weighted by molar-refractivity contribution is 5.81. The molecule has 1 aromatic heterocycles. The lowest BCUT2D eigenvalue weighted by molar-refractivity contribution is 1.15. The number of pyridine rings is 1. The van der Waals surface area contributed by atoms with Gasteiger partial charge in [-0.05, 0) is 17.7 Å². The van der Waals surface area contributed by atoms with Gasteiger partial charge in [-0.3, -0.25) is 4.79 Å². The first-order chi connectivity index (χ1) is 9.25. The van der Waals surface area contributed by atoms with Crippen LogP contribution < -0.4 is 11.2 Å². The lowest BCUT2D eigenvalue weighted by atomic mass is 10.0. The van der Waals surface area contributed by atoms with Crippen molar-refractivity contribution in [3.8, 4) is 0 Å². The predicted molar refractivity (Wildman–Crippen MR) is 78.2 cm³/mol. The summed E-state index contributed by atoms with van der Waals surface area (Å²) in [6, 6.07) is 17.3. The summed E-state index contributed by atoms with van der Waals surface area (Å²) in [5.74, 6) is 0.451. The lowest BCUT2D eigenvalue weighted by Gasteiger charge is -2.07. The number of nitrogens with two attached hydrogens (primary N) is 1. The molecule has 19 heavy (non-hydrogen) atoms. The van der Waals surface area contributed by atoms with Crippen molar-refractivity contribution in [3.63, 3.8) is 0 Å². The number of rotatable bonds is 2. The first-order valence-corrected chi connectivity index (χ1v) is 6.19. The molecule has 0 aliphatic heterocycles. The van der Waals surface area contributed by atoms with Gasteiger partial charge in [0.05, 0.1) is 5.52 Å². The fourth-order valence-electron chi connectivity index (χ4n) is 2.27. The van der Waals surface area contributed by atoms with Gasteiger partial charge in [-0.25, -0.2) is 0 Å². The molecular formula is C16H14N2O. The molecule has 0 fully saturated rings. The van der Waals surface area contributed by atoms with Gasteiger partial charge in [-0.2, -0.15) is 0 Å². The van der Waals surface area contributed by atoms with E-state index in [4.69, 9.17) is 5.73 Å². The Bertz CT molecular complexity index is 776. The highest BCUT2D eigenvalue weighted by atomic mass is 16.1. The molecule has 2 aromatic carbocycles. The number of fused-ring (bicyclic) bond motifs is 1. The van der Waals surface area contributed by atoms with Crippen LogP contribution in [0.2, 0.25) is 0 Å². The van der Waals surface area contributed by atoms with Crippen LogP contribution in [0.1, 0.15) is 11.1 Å². The van der Waals surface area contributed by atoms with Crippen LogP contribution >= 0.6 is 0 Å². The minimum Gasteiger partial charge on any atom is -0.385 e. The summed E-state index contributed by atoms with van der Waals surface area (Å²) in [6.45, 7) is 0. The molecule has 3 heteroatoms. The SMILES string of the molecule is Nc1[nH]c2ccccc2c(=O)c1Cc1ccccc1. The second-order valence-corrected chi connectivity index (χ2v) is 4.55. The van der Waals surface area contributed by atoms with Crippen molar-refractivity contribution in [3.05, 3.63) is 75.9 Å². The highest BCUT2D eigenvalue weighted by Gasteiger charge is 2.10. The third kappa shape index (κ3) is 2.10. The number of para-hydroxylation sites is 1. The van der Waals surface area contributed by atoms with Crippen LogP contribution in [0, 0.1) is 0 Å². The van der Waals surface area contributed by atoms with Gasteiger partial charge in [0, 0.05) is 17.4 Å². The van der Waals surface area contributed by atoms with Gasteiger partial charge in [-0.15, -0.1) is 0 Å². The van der Waals surface area contributed by atoms with E-state index in [1.165, 1.54) is 0 Å². The number of nitrogens with one attached hydrogen (secondary N) is 1. The topological polar surface area (TPSA) is 58.9 Å². The predicted octanol–water partition coefficient (Wildman–Crippen LogP) is 2.70. The van der Waals surface area contributed by atoms with Crippen molar-refractivity contribution >= 4 is 16.7 Å². The monoisotopic (exact) mass is 250 g/mol. The molecule has 0 bridgehead atoms. The fraction of sp³-hybridized carbons (Fsp3) is 0.0625. The van der Waals surface area contributed by atoms with Gasteiger partial charge in [0.2, 0.25) is 0 Å². The van der Waals surface area contributed by atoms with E-state index in [2.05, 4.69) is 4.98 Å². The van der Waals surface area contributed by atoms with Crippen LogP contribution in [0.5, 0.6) is 0 Å². The van der Waals surface area contributed by atoms with E-state index in [9.17, 15) is 4.79 Å². The molecule has 0 unspecified atom stereocenters. The van der Waals surface area contributed by atoms with Crippen molar-refractivity contribution < 1.29 is 0 Å². The second-order valence-electron chi connectivity index (χ2n) is 4.55. The maximum Gasteiger partial charge on any atom is 0.195 e. The average Bonchev–Trinajstić information content (AvgIpc) is 2.45. The summed E-state index contributed by atoms with van der Waals surface area (Å²) < 4.78 is 0. The Morgan fingerprint density at radius 1 is 0.947 bits per heavy atom. The molecule has 3 rings (SSSR count). The Morgan fingerprint density at radius 2 is 1.63 bits per heavy atom. The number of anilines is 1. The third-order valence-corrected chi connectivity index (χ3v) is 3.26. The standard InChI is InChI=1S/C16H14N2O/c17-16-13(10-11-6-2-1-3-7-11)15(19)12-8-4-5-9-14(12)18-16/h1-9H,10H2,(H3,17,18,19). The van der Waals surface area contributed by atoms with Crippen molar-refractivity contribution in [1.82, 2.24) is 4.98 Å². The summed E-state index contributed by atoms with van der Waals surface area (Å²) in [5.41, 5.74) is 8.48. The molecular weight excluding hydrogens is 236 g/mol. The van der Waals surface area contributed by atoms with Crippen molar-refractivity contribution in [1.29, 1.82) is 0 Å². The van der Waals surface area contributed by atoms with Crippen molar-refractivity contribution in [2.45, 2.75) is 6.42 Å². The molecule has 3 N–H and O–H groups in total. The van der Waals surface area contributed by atoms with E-state index in [-0.39, 0.29) is 5.43 Å². The van der Waals surface area contributed by atoms with Gasteiger partial charge in [0.25, 0.3) is 0 Å². The average molecular weight is 250 g/mol. The lowest BCUT2D eigenvalue weighted by Crippen LogP contribution is -2.14. The first-order valence-electron chi connectivity index (χ1n) is 6.19. The van der Waals surface area contributed by atoms with Crippen LogP contribution in [-0.4, -0.2) is 4.98 Å². The Balaban J connectivity index is 2.16. The summed E-state index contributed by atoms with van der Waals surface area (Å²) in [4.78, 5) is 15.6. The van der Waals surface area contributed by atoms with Crippen LogP contribution in [0.25, 0.3) is 10.9 Å². The van der Waals surface area contributed by atoms with E-state index < -0.39 is 0 Å². The van der Waals surface area contributed by atoms with Crippen molar-refractivity contribution in [2.75, 3.05) is 5.73 Å². The molecule has 0 amide bonds. The van der Waals surface area contributed by atoms with E-state index in [1.807, 2.05) is 54.6 Å². The molecule has 3 aromatic rings. The molecule has 0 spiro atoms. The van der Waals surface area contributed by atoms with E-state index in [1.54, 1.807) is 0 Å². The van der Waals surface area contributed by atoms with Gasteiger partial charge < -0.3 is 10.7 Å². The Kier molecular flexibility index (Phi) is 2.80. The molecule has 0 saturated heterocycles. The van der Waals surface area contributed by atoms with Gasteiger partial charge in [0.1, 0.15) is 5.82 Å². The summed E-state index contributed by atoms with van der Waals surface area (Å²) in [7, 11) is 0. The third-order valence-electron chi connectivity index (χ3n) is 3.26. The molecule has 0 radical (unpaired) electrons. The Morgan fingerprint density at radius 3 is 2.42 bits per heavy atom. The zero-order chi connectivity index (χ0) is 13.2. The molecule has 3 nitrogen and oxygen atoms in total. The van der Waals surface area contributed by atoms with Crippen LogP contribution in [-0.2, 0) is 6.42 Å². The minimum absolute atomic E-state index is 0.00991. The number of aromatic amines is 1. The molecule has 0 aliphatic rings. The van der Waals surface area contributed by atoms with Gasteiger partial charge >= 0.3 is 0 Å². The summed E-state index contributed by atoms with van der Waals surface area (Å²) in [5, 5.41) is 0.683.